The fraction of sp³-hybridized carbons (Fsp3) is 0.0455. The van der Waals surface area contributed by atoms with Crippen molar-refractivity contribution < 1.29 is 22.7 Å². The molecule has 0 saturated heterocycles. The van der Waals surface area contributed by atoms with Crippen LogP contribution in [0, 0.1) is 17.5 Å². The topological polar surface area (TPSA) is 26.3 Å². The maximum atomic E-state index is 13.6. The lowest BCUT2D eigenvalue weighted by molar-refractivity contribution is 0.0962. The summed E-state index contributed by atoms with van der Waals surface area (Å²) in [6.45, 7) is 0. The van der Waals surface area contributed by atoms with Gasteiger partial charge in [-0.15, -0.1) is 0 Å². The predicted molar refractivity (Wildman–Crippen MR) is 94.9 cm³/mol. The Bertz CT molecular complexity index is 1040. The Morgan fingerprint density at radius 1 is 0.778 bits per heavy atom. The van der Waals surface area contributed by atoms with Crippen molar-refractivity contribution in [3.8, 4) is 5.75 Å². The van der Waals surface area contributed by atoms with E-state index in [1.54, 1.807) is 6.08 Å². The minimum Gasteiger partial charge on any atom is -0.480 e. The van der Waals surface area contributed by atoms with Gasteiger partial charge in [0.05, 0.1) is 5.56 Å². The molecule has 0 fully saturated rings. The number of rotatable bonds is 2. The highest BCUT2D eigenvalue weighted by atomic mass is 19.1. The van der Waals surface area contributed by atoms with Crippen LogP contribution in [-0.2, 0) is 0 Å². The van der Waals surface area contributed by atoms with E-state index < -0.39 is 29.3 Å². The molecule has 1 heterocycles. The van der Waals surface area contributed by atoms with Crippen LogP contribution in [0.1, 0.15) is 27.6 Å². The van der Waals surface area contributed by atoms with Gasteiger partial charge in [-0.3, -0.25) is 4.79 Å². The van der Waals surface area contributed by atoms with Crippen LogP contribution in [0.3, 0.4) is 0 Å². The monoisotopic (exact) mass is 366 g/mol. The second kappa shape index (κ2) is 6.76. The highest BCUT2D eigenvalue weighted by Gasteiger charge is 2.33. The molecule has 0 aliphatic carbocycles. The summed E-state index contributed by atoms with van der Waals surface area (Å²) < 4.78 is 46.0. The third-order valence-electron chi connectivity index (χ3n) is 4.34. The van der Waals surface area contributed by atoms with Crippen molar-refractivity contribution in [2.24, 2.45) is 0 Å². The zero-order valence-corrected chi connectivity index (χ0v) is 14.0. The van der Waals surface area contributed by atoms with Crippen LogP contribution in [0.25, 0.3) is 6.08 Å². The third kappa shape index (κ3) is 3.36. The Morgan fingerprint density at radius 3 is 2.04 bits per heavy atom. The summed E-state index contributed by atoms with van der Waals surface area (Å²) in [6.07, 6.45) is 0.782. The molecular formula is C22H13F3O2. The second-order valence-corrected chi connectivity index (χ2v) is 6.17. The quantitative estimate of drug-likeness (QED) is 0.560. The molecule has 1 atom stereocenters. The first-order valence-electron chi connectivity index (χ1n) is 8.25. The molecule has 0 aromatic heterocycles. The van der Waals surface area contributed by atoms with Gasteiger partial charge in [0.2, 0.25) is 0 Å². The number of carbonyl (C=O) groups is 1. The second-order valence-electron chi connectivity index (χ2n) is 6.17. The molecule has 0 N–H and O–H groups in total. The normalized spacial score (nSPS) is 17.5. The summed E-state index contributed by atoms with van der Waals surface area (Å²) in [7, 11) is 0. The third-order valence-corrected chi connectivity index (χ3v) is 4.34. The number of benzene rings is 3. The molecule has 3 aromatic rings. The Morgan fingerprint density at radius 2 is 1.37 bits per heavy atom. The number of fused-ring (bicyclic) bond motifs is 1. The SMILES string of the molecule is O=C1/C(=C/c2ccc(F)cc2)C(c2ccc(F)cc2)Oc2ccc(F)cc21. The first kappa shape index (κ1) is 17.1. The average molecular weight is 366 g/mol. The molecule has 0 spiro atoms. The van der Waals surface area contributed by atoms with Crippen LogP contribution in [0.15, 0.2) is 72.3 Å². The van der Waals surface area contributed by atoms with E-state index >= 15 is 0 Å². The van der Waals surface area contributed by atoms with Crippen molar-refractivity contribution in [3.63, 3.8) is 0 Å². The van der Waals surface area contributed by atoms with E-state index in [9.17, 15) is 18.0 Å². The summed E-state index contributed by atoms with van der Waals surface area (Å²) in [5.41, 5.74) is 1.54. The fourth-order valence-corrected chi connectivity index (χ4v) is 3.01. The van der Waals surface area contributed by atoms with E-state index in [1.165, 1.54) is 60.7 Å². The predicted octanol–water partition coefficient (Wildman–Crippen LogP) is 5.50. The smallest absolute Gasteiger partial charge is 0.196 e. The van der Waals surface area contributed by atoms with E-state index in [-0.39, 0.29) is 16.9 Å². The van der Waals surface area contributed by atoms with Crippen LogP contribution in [0.2, 0.25) is 0 Å². The van der Waals surface area contributed by atoms with E-state index in [2.05, 4.69) is 0 Å². The van der Waals surface area contributed by atoms with Crippen molar-refractivity contribution in [1.82, 2.24) is 0 Å². The van der Waals surface area contributed by atoms with Gasteiger partial charge in [-0.1, -0.05) is 24.3 Å². The molecule has 3 aromatic carbocycles. The van der Waals surface area contributed by atoms with Crippen LogP contribution in [-0.4, -0.2) is 5.78 Å². The average Bonchev–Trinajstić information content (AvgIpc) is 2.67. The largest absolute Gasteiger partial charge is 0.480 e. The Hall–Kier alpha value is -3.34. The van der Waals surface area contributed by atoms with Gasteiger partial charge in [-0.2, -0.15) is 0 Å². The molecule has 4 rings (SSSR count). The highest BCUT2D eigenvalue weighted by molar-refractivity contribution is 6.14. The maximum absolute atomic E-state index is 13.6. The summed E-state index contributed by atoms with van der Waals surface area (Å²) >= 11 is 0. The molecule has 1 unspecified atom stereocenters. The Balaban J connectivity index is 1.85. The van der Waals surface area contributed by atoms with Crippen molar-refractivity contribution >= 4 is 11.9 Å². The van der Waals surface area contributed by atoms with Crippen molar-refractivity contribution in [2.45, 2.75) is 6.10 Å². The zero-order chi connectivity index (χ0) is 19.0. The lowest BCUT2D eigenvalue weighted by Gasteiger charge is -2.28. The Kier molecular flexibility index (Phi) is 4.28. The molecule has 1 aliphatic heterocycles. The molecule has 1 aliphatic rings. The minimum atomic E-state index is -0.791. The molecular weight excluding hydrogens is 353 g/mol. The van der Waals surface area contributed by atoms with Gasteiger partial charge >= 0.3 is 0 Å². The molecule has 0 saturated carbocycles. The molecule has 2 nitrogen and oxygen atoms in total. The molecule has 134 valence electrons. The molecule has 0 amide bonds. The summed E-state index contributed by atoms with van der Waals surface area (Å²) in [5.74, 6) is -1.49. The maximum Gasteiger partial charge on any atom is 0.196 e. The van der Waals surface area contributed by atoms with Crippen molar-refractivity contribution in [2.75, 3.05) is 0 Å². The van der Waals surface area contributed by atoms with Crippen LogP contribution in [0.4, 0.5) is 13.2 Å². The summed E-state index contributed by atoms with van der Waals surface area (Å²) in [6, 6.07) is 14.9. The first-order valence-corrected chi connectivity index (χ1v) is 8.25. The van der Waals surface area contributed by atoms with Gasteiger partial charge in [0.1, 0.15) is 23.2 Å². The van der Waals surface area contributed by atoms with Crippen LogP contribution in [0.5, 0.6) is 5.75 Å². The first-order chi connectivity index (χ1) is 13.0. The number of ether oxygens (including phenoxy) is 1. The molecule has 27 heavy (non-hydrogen) atoms. The molecule has 5 heteroatoms. The minimum absolute atomic E-state index is 0.113. The van der Waals surface area contributed by atoms with Crippen molar-refractivity contribution in [3.05, 3.63) is 106 Å². The van der Waals surface area contributed by atoms with Crippen LogP contribution < -0.4 is 4.74 Å². The van der Waals surface area contributed by atoms with Gasteiger partial charge in [0, 0.05) is 5.57 Å². The number of hydrogen-bond donors (Lipinski definition) is 0. The summed E-state index contributed by atoms with van der Waals surface area (Å²) in [4.78, 5) is 13.0. The van der Waals surface area contributed by atoms with E-state index in [4.69, 9.17) is 4.74 Å². The lowest BCUT2D eigenvalue weighted by Crippen LogP contribution is -2.24. The van der Waals surface area contributed by atoms with Gasteiger partial charge in [0.25, 0.3) is 0 Å². The van der Waals surface area contributed by atoms with Gasteiger partial charge in [0.15, 0.2) is 11.9 Å². The summed E-state index contributed by atoms with van der Waals surface area (Å²) in [5, 5.41) is 0. The van der Waals surface area contributed by atoms with Gasteiger partial charge < -0.3 is 4.74 Å². The van der Waals surface area contributed by atoms with Gasteiger partial charge in [-0.05, 0) is 59.7 Å². The molecule has 0 radical (unpaired) electrons. The zero-order valence-electron chi connectivity index (χ0n) is 14.0. The van der Waals surface area contributed by atoms with E-state index in [1.807, 2.05) is 0 Å². The highest BCUT2D eigenvalue weighted by Crippen LogP contribution is 2.39. The van der Waals surface area contributed by atoms with E-state index in [0.29, 0.717) is 11.1 Å². The van der Waals surface area contributed by atoms with Crippen molar-refractivity contribution in [1.29, 1.82) is 0 Å². The number of carbonyl (C=O) groups excluding carboxylic acids is 1. The van der Waals surface area contributed by atoms with Gasteiger partial charge in [-0.25, -0.2) is 13.2 Å². The van der Waals surface area contributed by atoms with Crippen LogP contribution >= 0.6 is 0 Å². The fourth-order valence-electron chi connectivity index (χ4n) is 3.01. The Labute approximate surface area is 153 Å². The number of Topliss-reactive ketones (excluding diaryl/α,β-unsaturated/α-hetero) is 1. The number of ketones is 1. The number of halogens is 3. The standard InChI is InChI=1S/C22H13F3O2/c23-15-5-1-13(2-6-15)11-19-21(26)18-12-17(25)9-10-20(18)27-22(19)14-3-7-16(24)8-4-14/h1-12,22H/b19-11-. The molecule has 0 bridgehead atoms. The van der Waals surface area contributed by atoms with E-state index in [0.717, 1.165) is 6.07 Å². The number of hydrogen-bond acceptors (Lipinski definition) is 2. The lowest BCUT2D eigenvalue weighted by atomic mass is 9.89.